The Hall–Kier alpha value is -2.89. The lowest BCUT2D eigenvalue weighted by Gasteiger charge is -2.03. The number of aliphatic imine (C=N–C) groups is 1. The van der Waals surface area contributed by atoms with Crippen LogP contribution >= 0.6 is 23.2 Å². The Bertz CT molecular complexity index is 1100. The largest absolute Gasteiger partial charge is 0.402 e. The molecule has 2 aromatic carbocycles. The van der Waals surface area contributed by atoms with Crippen molar-refractivity contribution in [3.05, 3.63) is 81.2 Å². The van der Waals surface area contributed by atoms with Crippen molar-refractivity contribution >= 4 is 41.1 Å². The zero-order valence-electron chi connectivity index (χ0n) is 14.1. The number of nitrogens with zero attached hydrogens (tertiary/aromatic N) is 2. The van der Waals surface area contributed by atoms with Gasteiger partial charge in [0.25, 0.3) is 0 Å². The van der Waals surface area contributed by atoms with Crippen molar-refractivity contribution in [3.8, 4) is 11.3 Å². The van der Waals surface area contributed by atoms with E-state index in [1.807, 2.05) is 18.2 Å². The number of ether oxygens (including phenoxy) is 1. The fourth-order valence-electron chi connectivity index (χ4n) is 2.69. The maximum atomic E-state index is 12.3. The summed E-state index contributed by atoms with van der Waals surface area (Å²) in [5.41, 5.74) is 2.59. The molecular weight excluding hydrogens is 387 g/mol. The molecule has 1 aromatic heterocycles. The molecule has 7 heteroatoms. The number of aryl methyl sites for hydroxylation is 1. The Labute approximate surface area is 164 Å². The second kappa shape index (κ2) is 7.02. The van der Waals surface area contributed by atoms with Gasteiger partial charge in [0.05, 0.1) is 5.02 Å². The Morgan fingerprint density at radius 3 is 2.52 bits per heavy atom. The second-order valence-corrected chi connectivity index (χ2v) is 6.67. The zero-order chi connectivity index (χ0) is 19.0. The van der Waals surface area contributed by atoms with E-state index in [1.54, 1.807) is 43.3 Å². The Balaban J connectivity index is 1.77. The maximum Gasteiger partial charge on any atom is 0.363 e. The van der Waals surface area contributed by atoms with Crippen molar-refractivity contribution in [2.75, 3.05) is 0 Å². The van der Waals surface area contributed by atoms with Gasteiger partial charge < -0.3 is 9.26 Å². The molecule has 0 N–H and O–H groups in total. The summed E-state index contributed by atoms with van der Waals surface area (Å²) in [5.74, 6) is 0.0590. The van der Waals surface area contributed by atoms with Gasteiger partial charge in [-0.15, -0.1) is 0 Å². The first-order valence-corrected chi connectivity index (χ1v) is 8.78. The van der Waals surface area contributed by atoms with Crippen LogP contribution in [-0.2, 0) is 9.53 Å². The number of rotatable bonds is 3. The Morgan fingerprint density at radius 1 is 1.04 bits per heavy atom. The van der Waals surface area contributed by atoms with E-state index in [4.69, 9.17) is 32.5 Å². The Morgan fingerprint density at radius 2 is 1.78 bits per heavy atom. The lowest BCUT2D eigenvalue weighted by atomic mass is 10.1. The maximum absolute atomic E-state index is 12.3. The zero-order valence-corrected chi connectivity index (χ0v) is 15.6. The number of benzene rings is 2. The first kappa shape index (κ1) is 17.5. The van der Waals surface area contributed by atoms with Crippen LogP contribution in [0.5, 0.6) is 0 Å². The smallest absolute Gasteiger partial charge is 0.363 e. The lowest BCUT2D eigenvalue weighted by molar-refractivity contribution is -0.129. The summed E-state index contributed by atoms with van der Waals surface area (Å²) in [5, 5.41) is 5.19. The van der Waals surface area contributed by atoms with Gasteiger partial charge in [0.15, 0.2) is 5.70 Å². The molecule has 0 unspecified atom stereocenters. The van der Waals surface area contributed by atoms with Crippen LogP contribution in [0.1, 0.15) is 16.9 Å². The third-order valence-electron chi connectivity index (χ3n) is 4.00. The van der Waals surface area contributed by atoms with E-state index in [1.165, 1.54) is 0 Å². The molecule has 4 rings (SSSR count). The number of halogens is 2. The molecule has 1 aliphatic heterocycles. The van der Waals surface area contributed by atoms with Crippen LogP contribution in [0, 0.1) is 6.92 Å². The van der Waals surface area contributed by atoms with Crippen molar-refractivity contribution in [1.29, 1.82) is 0 Å². The predicted molar refractivity (Wildman–Crippen MR) is 104 cm³/mol. The fraction of sp³-hybridized carbons (Fsp3) is 0.0500. The number of hydrogen-bond acceptors (Lipinski definition) is 5. The molecule has 27 heavy (non-hydrogen) atoms. The number of hydrogen-bond donors (Lipinski definition) is 0. The molecule has 0 radical (unpaired) electrons. The summed E-state index contributed by atoms with van der Waals surface area (Å²) in [6.45, 7) is 1.72. The number of aromatic nitrogens is 1. The normalized spacial score (nSPS) is 15.1. The van der Waals surface area contributed by atoms with Gasteiger partial charge in [-0.3, -0.25) is 0 Å². The molecule has 0 amide bonds. The van der Waals surface area contributed by atoms with E-state index in [2.05, 4.69) is 10.1 Å². The summed E-state index contributed by atoms with van der Waals surface area (Å²) in [7, 11) is 0. The van der Waals surface area contributed by atoms with E-state index in [0.717, 1.165) is 5.56 Å². The second-order valence-electron chi connectivity index (χ2n) is 5.83. The summed E-state index contributed by atoms with van der Waals surface area (Å²) >= 11 is 12.2. The highest BCUT2D eigenvalue weighted by Crippen LogP contribution is 2.33. The topological polar surface area (TPSA) is 64.7 Å². The van der Waals surface area contributed by atoms with Crippen LogP contribution in [-0.4, -0.2) is 17.0 Å². The van der Waals surface area contributed by atoms with Gasteiger partial charge in [-0.1, -0.05) is 58.7 Å². The molecule has 0 bridgehead atoms. The van der Waals surface area contributed by atoms with Crippen LogP contribution in [0.15, 0.2) is 63.7 Å². The Kier molecular flexibility index (Phi) is 4.56. The van der Waals surface area contributed by atoms with Crippen molar-refractivity contribution in [3.63, 3.8) is 0 Å². The minimum Gasteiger partial charge on any atom is -0.402 e. The third-order valence-corrected chi connectivity index (χ3v) is 4.58. The summed E-state index contributed by atoms with van der Waals surface area (Å²) in [4.78, 5) is 16.6. The number of carbonyl (C=O) groups is 1. The van der Waals surface area contributed by atoms with Gasteiger partial charge in [0.2, 0.25) is 5.90 Å². The van der Waals surface area contributed by atoms with Gasteiger partial charge in [-0.25, -0.2) is 9.79 Å². The van der Waals surface area contributed by atoms with Crippen LogP contribution in [0.4, 0.5) is 0 Å². The van der Waals surface area contributed by atoms with Gasteiger partial charge in [0, 0.05) is 10.6 Å². The van der Waals surface area contributed by atoms with E-state index in [9.17, 15) is 4.79 Å². The van der Waals surface area contributed by atoms with Crippen LogP contribution in [0.2, 0.25) is 10.0 Å². The van der Waals surface area contributed by atoms with Gasteiger partial charge in [0.1, 0.15) is 17.0 Å². The minimum absolute atomic E-state index is 0.133. The first-order valence-electron chi connectivity index (χ1n) is 8.02. The highest BCUT2D eigenvalue weighted by atomic mass is 35.5. The monoisotopic (exact) mass is 398 g/mol. The van der Waals surface area contributed by atoms with E-state index in [-0.39, 0.29) is 11.6 Å². The van der Waals surface area contributed by atoms with E-state index in [0.29, 0.717) is 32.6 Å². The molecule has 0 aliphatic carbocycles. The van der Waals surface area contributed by atoms with Crippen molar-refractivity contribution in [2.45, 2.75) is 6.92 Å². The SMILES string of the molecule is Cc1onc(-c2ccccc2Cl)c1C1=N/C(=C\c2ccc(Cl)cc2)C(=O)O1. The molecule has 0 fully saturated rings. The summed E-state index contributed by atoms with van der Waals surface area (Å²) < 4.78 is 10.7. The van der Waals surface area contributed by atoms with Crippen LogP contribution in [0.3, 0.4) is 0 Å². The van der Waals surface area contributed by atoms with Crippen LogP contribution in [0.25, 0.3) is 17.3 Å². The first-order chi connectivity index (χ1) is 13.0. The molecule has 0 saturated heterocycles. The molecular formula is C20H12Cl2N2O3. The van der Waals surface area contributed by atoms with Crippen LogP contribution < -0.4 is 0 Å². The molecule has 2 heterocycles. The molecule has 1 aliphatic rings. The molecule has 134 valence electrons. The predicted octanol–water partition coefficient (Wildman–Crippen LogP) is 5.30. The molecule has 0 saturated carbocycles. The lowest BCUT2D eigenvalue weighted by Crippen LogP contribution is -2.07. The average molecular weight is 399 g/mol. The molecule has 5 nitrogen and oxygen atoms in total. The van der Waals surface area contributed by atoms with Crippen molar-refractivity contribution < 1.29 is 14.1 Å². The van der Waals surface area contributed by atoms with E-state index < -0.39 is 5.97 Å². The quantitative estimate of drug-likeness (QED) is 0.443. The number of esters is 1. The van der Waals surface area contributed by atoms with Crippen molar-refractivity contribution in [1.82, 2.24) is 5.16 Å². The van der Waals surface area contributed by atoms with E-state index >= 15 is 0 Å². The van der Waals surface area contributed by atoms with Gasteiger partial charge >= 0.3 is 5.97 Å². The fourth-order valence-corrected chi connectivity index (χ4v) is 3.05. The third kappa shape index (κ3) is 3.39. The number of cyclic esters (lactones) is 1. The average Bonchev–Trinajstić information content (AvgIpc) is 3.20. The van der Waals surface area contributed by atoms with Gasteiger partial charge in [-0.2, -0.15) is 0 Å². The molecule has 3 aromatic rings. The highest BCUT2D eigenvalue weighted by molar-refractivity contribution is 6.33. The molecule has 0 atom stereocenters. The highest BCUT2D eigenvalue weighted by Gasteiger charge is 2.30. The van der Waals surface area contributed by atoms with Crippen molar-refractivity contribution in [2.24, 2.45) is 4.99 Å². The standard InChI is InChI=1S/C20H12Cl2N2O3/c1-11-17(18(24-27-11)14-4-2-3-5-15(14)22)19-23-16(20(25)26-19)10-12-6-8-13(21)9-7-12/h2-10H,1H3/b16-10-. The summed E-state index contributed by atoms with van der Waals surface area (Å²) in [6, 6.07) is 14.3. The molecule has 0 spiro atoms. The summed E-state index contributed by atoms with van der Waals surface area (Å²) in [6.07, 6.45) is 1.63. The van der Waals surface area contributed by atoms with Gasteiger partial charge in [-0.05, 0) is 36.8 Å². The minimum atomic E-state index is -0.550. The number of carbonyl (C=O) groups excluding carboxylic acids is 1.